The Balaban J connectivity index is 2.43. The van der Waals surface area contributed by atoms with Crippen molar-refractivity contribution in [1.82, 2.24) is 15.1 Å². The quantitative estimate of drug-likeness (QED) is 0.789. The van der Waals surface area contributed by atoms with E-state index in [0.29, 0.717) is 5.92 Å². The van der Waals surface area contributed by atoms with Gasteiger partial charge < -0.3 is 20.2 Å². The molecule has 0 aromatic carbocycles. The summed E-state index contributed by atoms with van der Waals surface area (Å²) in [4.78, 5) is 26.5. The number of rotatable bonds is 4. The number of piperidine rings is 1. The Morgan fingerprint density at radius 1 is 1.53 bits per heavy atom. The molecule has 2 N–H and O–H groups in total. The number of carbonyl (C=O) groups excluding carboxylic acids is 1. The molecule has 0 spiro atoms. The number of carboxylic acids is 1. The number of carboxylic acid groups (broad SMARTS) is 1. The molecule has 0 aliphatic carbocycles. The first kappa shape index (κ1) is 15.8. The molecule has 1 rings (SSSR count). The van der Waals surface area contributed by atoms with E-state index in [4.69, 9.17) is 5.11 Å². The maximum Gasteiger partial charge on any atom is 0.317 e. The van der Waals surface area contributed by atoms with Crippen molar-refractivity contribution in [3.8, 4) is 0 Å². The average Bonchev–Trinajstić information content (AvgIpc) is 2.32. The molecule has 19 heavy (non-hydrogen) atoms. The van der Waals surface area contributed by atoms with E-state index in [2.05, 4.69) is 24.2 Å². The number of likely N-dealkylation sites (tertiary alicyclic amines) is 1. The lowest BCUT2D eigenvalue weighted by Crippen LogP contribution is -2.52. The van der Waals surface area contributed by atoms with Crippen molar-refractivity contribution in [1.29, 1.82) is 0 Å². The molecule has 0 aromatic rings. The van der Waals surface area contributed by atoms with E-state index in [1.807, 2.05) is 0 Å². The maximum atomic E-state index is 12.0. The van der Waals surface area contributed by atoms with Gasteiger partial charge in [-0.2, -0.15) is 0 Å². The molecule has 3 unspecified atom stereocenters. The first-order chi connectivity index (χ1) is 8.81. The van der Waals surface area contributed by atoms with Crippen molar-refractivity contribution in [2.24, 2.45) is 11.8 Å². The van der Waals surface area contributed by atoms with Crippen LogP contribution < -0.4 is 5.32 Å². The number of hydrogen-bond donors (Lipinski definition) is 2. The molecule has 0 aromatic heterocycles. The third-order valence-corrected chi connectivity index (χ3v) is 3.73. The fourth-order valence-electron chi connectivity index (χ4n) is 2.41. The molecule has 0 saturated carbocycles. The summed E-state index contributed by atoms with van der Waals surface area (Å²) in [7, 11) is 3.71. The van der Waals surface area contributed by atoms with Crippen molar-refractivity contribution >= 4 is 12.0 Å². The van der Waals surface area contributed by atoms with Gasteiger partial charge in [0.1, 0.15) is 0 Å². The van der Waals surface area contributed by atoms with Gasteiger partial charge >= 0.3 is 12.0 Å². The normalized spacial score (nSPS) is 25.7. The molecule has 0 radical (unpaired) electrons. The maximum absolute atomic E-state index is 12.0. The molecule has 6 nitrogen and oxygen atoms in total. The SMILES string of the molecule is CC(CN(C)C(=O)NC1CCN(C)CC1C)C(=O)O. The Hall–Kier alpha value is -1.30. The van der Waals surface area contributed by atoms with E-state index in [1.165, 1.54) is 4.90 Å². The van der Waals surface area contributed by atoms with E-state index < -0.39 is 11.9 Å². The van der Waals surface area contributed by atoms with Crippen LogP contribution in [0.5, 0.6) is 0 Å². The lowest BCUT2D eigenvalue weighted by molar-refractivity contribution is -0.141. The zero-order chi connectivity index (χ0) is 14.6. The summed E-state index contributed by atoms with van der Waals surface area (Å²) in [5.41, 5.74) is 0. The van der Waals surface area contributed by atoms with Gasteiger partial charge in [-0.15, -0.1) is 0 Å². The molecular formula is C13H25N3O3. The van der Waals surface area contributed by atoms with Crippen molar-refractivity contribution in [2.75, 3.05) is 33.7 Å². The van der Waals surface area contributed by atoms with Gasteiger partial charge in [0.15, 0.2) is 0 Å². The van der Waals surface area contributed by atoms with Gasteiger partial charge in [-0.05, 0) is 25.9 Å². The molecule has 1 heterocycles. The standard InChI is InChI=1S/C13H25N3O3/c1-9-7-15(3)6-5-11(9)14-13(19)16(4)8-10(2)12(17)18/h9-11H,5-8H2,1-4H3,(H,14,19)(H,17,18). The molecule has 1 saturated heterocycles. The van der Waals surface area contributed by atoms with Crippen LogP contribution in [0, 0.1) is 11.8 Å². The van der Waals surface area contributed by atoms with Gasteiger partial charge in [-0.25, -0.2) is 4.79 Å². The summed E-state index contributed by atoms with van der Waals surface area (Å²) in [5.74, 6) is -1.02. The van der Waals surface area contributed by atoms with Crippen LogP contribution >= 0.6 is 0 Å². The van der Waals surface area contributed by atoms with Crippen LogP contribution in [0.4, 0.5) is 4.79 Å². The molecule has 110 valence electrons. The van der Waals surface area contributed by atoms with Crippen LogP contribution in [0.15, 0.2) is 0 Å². The smallest absolute Gasteiger partial charge is 0.317 e. The van der Waals surface area contributed by atoms with E-state index in [0.717, 1.165) is 19.5 Å². The molecule has 6 heteroatoms. The zero-order valence-electron chi connectivity index (χ0n) is 12.2. The second-order valence-corrected chi connectivity index (χ2v) is 5.70. The first-order valence-corrected chi connectivity index (χ1v) is 6.74. The minimum atomic E-state index is -0.882. The van der Waals surface area contributed by atoms with E-state index in [9.17, 15) is 9.59 Å². The highest BCUT2D eigenvalue weighted by molar-refractivity contribution is 5.76. The van der Waals surface area contributed by atoms with E-state index in [-0.39, 0.29) is 18.6 Å². The summed E-state index contributed by atoms with van der Waals surface area (Å²) >= 11 is 0. The number of urea groups is 1. The van der Waals surface area contributed by atoms with Crippen molar-refractivity contribution in [3.63, 3.8) is 0 Å². The van der Waals surface area contributed by atoms with Gasteiger partial charge in [-0.1, -0.05) is 13.8 Å². The molecule has 1 aliphatic heterocycles. The van der Waals surface area contributed by atoms with Crippen molar-refractivity contribution < 1.29 is 14.7 Å². The van der Waals surface area contributed by atoms with Crippen LogP contribution in [-0.2, 0) is 4.79 Å². The number of carbonyl (C=O) groups is 2. The predicted octanol–water partition coefficient (Wildman–Crippen LogP) is 0.689. The van der Waals surface area contributed by atoms with Gasteiger partial charge in [0, 0.05) is 26.2 Å². The van der Waals surface area contributed by atoms with Gasteiger partial charge in [0.25, 0.3) is 0 Å². The van der Waals surface area contributed by atoms with Crippen LogP contribution in [0.3, 0.4) is 0 Å². The van der Waals surface area contributed by atoms with Crippen LogP contribution in [0.2, 0.25) is 0 Å². The molecule has 1 aliphatic rings. The molecule has 0 bridgehead atoms. The molecular weight excluding hydrogens is 246 g/mol. The van der Waals surface area contributed by atoms with Gasteiger partial charge in [0.05, 0.1) is 5.92 Å². The Morgan fingerprint density at radius 2 is 2.16 bits per heavy atom. The summed E-state index contributed by atoms with van der Waals surface area (Å²) in [6, 6.07) is -0.0132. The Bertz CT molecular complexity index is 335. The van der Waals surface area contributed by atoms with Gasteiger partial charge in [0.2, 0.25) is 0 Å². The van der Waals surface area contributed by atoms with Gasteiger partial charge in [-0.3, -0.25) is 4.79 Å². The fraction of sp³-hybridized carbons (Fsp3) is 0.846. The minimum absolute atomic E-state index is 0.172. The number of nitrogens with zero attached hydrogens (tertiary/aromatic N) is 2. The summed E-state index contributed by atoms with van der Waals surface area (Å²) < 4.78 is 0. The number of hydrogen-bond acceptors (Lipinski definition) is 3. The van der Waals surface area contributed by atoms with E-state index in [1.54, 1.807) is 14.0 Å². The number of amides is 2. The van der Waals surface area contributed by atoms with Crippen molar-refractivity contribution in [3.05, 3.63) is 0 Å². The average molecular weight is 271 g/mol. The monoisotopic (exact) mass is 271 g/mol. The Morgan fingerprint density at radius 3 is 2.68 bits per heavy atom. The predicted molar refractivity (Wildman–Crippen MR) is 73.0 cm³/mol. The van der Waals surface area contributed by atoms with Crippen LogP contribution in [0.25, 0.3) is 0 Å². The van der Waals surface area contributed by atoms with Crippen LogP contribution in [-0.4, -0.2) is 66.7 Å². The second kappa shape index (κ2) is 6.75. The highest BCUT2D eigenvalue weighted by atomic mass is 16.4. The second-order valence-electron chi connectivity index (χ2n) is 5.70. The minimum Gasteiger partial charge on any atom is -0.481 e. The highest BCUT2D eigenvalue weighted by Crippen LogP contribution is 2.15. The molecule has 1 fully saturated rings. The number of aliphatic carboxylic acids is 1. The lowest BCUT2D eigenvalue weighted by Gasteiger charge is -2.36. The number of nitrogens with one attached hydrogen (secondary N) is 1. The fourth-order valence-corrected chi connectivity index (χ4v) is 2.41. The Labute approximate surface area is 114 Å². The third kappa shape index (κ3) is 4.70. The van der Waals surface area contributed by atoms with Crippen LogP contribution in [0.1, 0.15) is 20.3 Å². The largest absolute Gasteiger partial charge is 0.481 e. The van der Waals surface area contributed by atoms with Crippen molar-refractivity contribution in [2.45, 2.75) is 26.3 Å². The first-order valence-electron chi connectivity index (χ1n) is 6.74. The molecule has 3 atom stereocenters. The third-order valence-electron chi connectivity index (χ3n) is 3.73. The zero-order valence-corrected chi connectivity index (χ0v) is 12.2. The highest BCUT2D eigenvalue weighted by Gasteiger charge is 2.27. The molecule has 2 amide bonds. The Kier molecular flexibility index (Phi) is 5.60. The summed E-state index contributed by atoms with van der Waals surface area (Å²) in [6.07, 6.45) is 0.936. The summed E-state index contributed by atoms with van der Waals surface area (Å²) in [6.45, 7) is 5.90. The lowest BCUT2D eigenvalue weighted by atomic mass is 9.94. The summed E-state index contributed by atoms with van der Waals surface area (Å²) in [5, 5.41) is 11.8. The van der Waals surface area contributed by atoms with E-state index >= 15 is 0 Å². The topological polar surface area (TPSA) is 72.9 Å².